The molecular weight excluding hydrogens is 224 g/mol. The Bertz CT molecular complexity index is 279. The van der Waals surface area contributed by atoms with E-state index in [1.165, 1.54) is 6.92 Å². The van der Waals surface area contributed by atoms with Gasteiger partial charge in [-0.15, -0.1) is 0 Å². The minimum absolute atomic E-state index is 0.0702. The Hall–Kier alpha value is -1.59. The lowest BCUT2D eigenvalue weighted by atomic mass is 10.1. The first kappa shape index (κ1) is 15.4. The van der Waals surface area contributed by atoms with Crippen molar-refractivity contribution in [3.8, 4) is 0 Å². The molecule has 0 heterocycles. The van der Waals surface area contributed by atoms with Gasteiger partial charge in [0.15, 0.2) is 0 Å². The van der Waals surface area contributed by atoms with Gasteiger partial charge in [0, 0.05) is 25.9 Å². The fourth-order valence-corrected chi connectivity index (χ4v) is 1.14. The molecule has 0 aromatic rings. The van der Waals surface area contributed by atoms with Gasteiger partial charge in [0.05, 0.1) is 5.92 Å². The molecule has 6 nitrogen and oxygen atoms in total. The van der Waals surface area contributed by atoms with Crippen molar-refractivity contribution in [1.82, 2.24) is 10.6 Å². The average Bonchev–Trinajstić information content (AvgIpc) is 2.26. The van der Waals surface area contributed by atoms with E-state index in [2.05, 4.69) is 10.6 Å². The third-order valence-corrected chi connectivity index (χ3v) is 2.21. The largest absolute Gasteiger partial charge is 0.481 e. The molecule has 0 saturated carbocycles. The smallest absolute Gasteiger partial charge is 0.308 e. The van der Waals surface area contributed by atoms with E-state index in [4.69, 9.17) is 5.11 Å². The number of carboxylic acids is 1. The van der Waals surface area contributed by atoms with Crippen LogP contribution in [0.3, 0.4) is 0 Å². The first-order valence-electron chi connectivity index (χ1n) is 5.73. The SMILES string of the molecule is CCNC(=O)CCCC(=O)NCC(C)C(=O)O. The van der Waals surface area contributed by atoms with E-state index in [0.29, 0.717) is 19.4 Å². The lowest BCUT2D eigenvalue weighted by molar-refractivity contribution is -0.141. The highest BCUT2D eigenvalue weighted by Crippen LogP contribution is 1.97. The Morgan fingerprint density at radius 2 is 1.65 bits per heavy atom. The van der Waals surface area contributed by atoms with Crippen molar-refractivity contribution in [2.75, 3.05) is 13.1 Å². The normalized spacial score (nSPS) is 11.6. The monoisotopic (exact) mass is 244 g/mol. The van der Waals surface area contributed by atoms with Crippen LogP contribution < -0.4 is 10.6 Å². The maximum absolute atomic E-state index is 11.3. The van der Waals surface area contributed by atoms with Crippen molar-refractivity contribution in [2.24, 2.45) is 5.92 Å². The summed E-state index contributed by atoms with van der Waals surface area (Å²) in [7, 11) is 0. The van der Waals surface area contributed by atoms with Gasteiger partial charge in [-0.3, -0.25) is 14.4 Å². The van der Waals surface area contributed by atoms with Gasteiger partial charge in [0.2, 0.25) is 11.8 Å². The Labute approximate surface area is 101 Å². The molecule has 98 valence electrons. The predicted octanol–water partition coefficient (Wildman–Crippen LogP) is 0.130. The number of carbonyl (C=O) groups is 3. The summed E-state index contributed by atoms with van der Waals surface area (Å²) in [5.41, 5.74) is 0. The first-order chi connectivity index (χ1) is 7.97. The number of amides is 2. The fraction of sp³-hybridized carbons (Fsp3) is 0.727. The van der Waals surface area contributed by atoms with Gasteiger partial charge in [0.25, 0.3) is 0 Å². The van der Waals surface area contributed by atoms with Gasteiger partial charge in [-0.05, 0) is 13.3 Å². The van der Waals surface area contributed by atoms with Crippen LogP contribution in [0.4, 0.5) is 0 Å². The molecule has 0 radical (unpaired) electrons. The number of hydrogen-bond donors (Lipinski definition) is 3. The molecule has 1 atom stereocenters. The minimum Gasteiger partial charge on any atom is -0.481 e. The number of rotatable bonds is 8. The molecule has 0 spiro atoms. The number of carbonyl (C=O) groups excluding carboxylic acids is 2. The van der Waals surface area contributed by atoms with Crippen LogP contribution in [0.1, 0.15) is 33.1 Å². The molecule has 17 heavy (non-hydrogen) atoms. The van der Waals surface area contributed by atoms with Crippen LogP contribution in [0.2, 0.25) is 0 Å². The van der Waals surface area contributed by atoms with Gasteiger partial charge in [-0.2, -0.15) is 0 Å². The number of carboxylic acid groups (broad SMARTS) is 1. The molecule has 0 fully saturated rings. The summed E-state index contributed by atoms with van der Waals surface area (Å²) in [6.07, 6.45) is 1.03. The third-order valence-electron chi connectivity index (χ3n) is 2.21. The lowest BCUT2D eigenvalue weighted by Gasteiger charge is -2.08. The molecule has 0 aromatic carbocycles. The summed E-state index contributed by atoms with van der Waals surface area (Å²) in [4.78, 5) is 32.8. The van der Waals surface area contributed by atoms with Crippen LogP contribution in [0.15, 0.2) is 0 Å². The van der Waals surface area contributed by atoms with Crippen LogP contribution in [-0.4, -0.2) is 36.0 Å². The number of aliphatic carboxylic acids is 1. The van der Waals surface area contributed by atoms with Crippen molar-refractivity contribution in [1.29, 1.82) is 0 Å². The number of hydrogen-bond acceptors (Lipinski definition) is 3. The average molecular weight is 244 g/mol. The molecule has 0 aliphatic rings. The molecule has 6 heteroatoms. The first-order valence-corrected chi connectivity index (χ1v) is 5.73. The molecular formula is C11H20N2O4. The number of nitrogens with one attached hydrogen (secondary N) is 2. The molecule has 0 aliphatic heterocycles. The van der Waals surface area contributed by atoms with E-state index >= 15 is 0 Å². The Balaban J connectivity index is 3.60. The summed E-state index contributed by atoms with van der Waals surface area (Å²) < 4.78 is 0. The second-order valence-electron chi connectivity index (χ2n) is 3.85. The van der Waals surface area contributed by atoms with Crippen molar-refractivity contribution < 1.29 is 19.5 Å². The fourth-order valence-electron chi connectivity index (χ4n) is 1.14. The second kappa shape index (κ2) is 8.55. The van der Waals surface area contributed by atoms with Crippen molar-refractivity contribution in [3.63, 3.8) is 0 Å². The molecule has 0 bridgehead atoms. The highest BCUT2D eigenvalue weighted by molar-refractivity contribution is 5.79. The van der Waals surface area contributed by atoms with Crippen molar-refractivity contribution in [3.05, 3.63) is 0 Å². The summed E-state index contributed by atoms with van der Waals surface area (Å²) in [6.45, 7) is 4.06. The van der Waals surface area contributed by atoms with E-state index < -0.39 is 11.9 Å². The lowest BCUT2D eigenvalue weighted by Crippen LogP contribution is -2.31. The molecule has 0 aromatic heterocycles. The standard InChI is InChI=1S/C11H20N2O4/c1-3-12-9(14)5-4-6-10(15)13-7-8(2)11(16)17/h8H,3-7H2,1-2H3,(H,12,14)(H,13,15)(H,16,17). The molecule has 0 saturated heterocycles. The summed E-state index contributed by atoms with van der Waals surface area (Å²) in [5, 5.41) is 13.8. The van der Waals surface area contributed by atoms with Crippen LogP contribution >= 0.6 is 0 Å². The van der Waals surface area contributed by atoms with Crippen LogP contribution in [0.25, 0.3) is 0 Å². The predicted molar refractivity (Wildman–Crippen MR) is 62.3 cm³/mol. The highest BCUT2D eigenvalue weighted by Gasteiger charge is 2.12. The maximum atomic E-state index is 11.3. The second-order valence-corrected chi connectivity index (χ2v) is 3.85. The van der Waals surface area contributed by atoms with E-state index in [1.54, 1.807) is 0 Å². The zero-order valence-electron chi connectivity index (χ0n) is 10.3. The zero-order chi connectivity index (χ0) is 13.3. The quantitative estimate of drug-likeness (QED) is 0.565. The van der Waals surface area contributed by atoms with Gasteiger partial charge >= 0.3 is 5.97 Å². The molecule has 0 rings (SSSR count). The summed E-state index contributed by atoms with van der Waals surface area (Å²) in [6, 6.07) is 0. The zero-order valence-corrected chi connectivity index (χ0v) is 10.3. The Morgan fingerprint density at radius 1 is 1.12 bits per heavy atom. The van der Waals surface area contributed by atoms with E-state index in [1.807, 2.05) is 6.92 Å². The summed E-state index contributed by atoms with van der Waals surface area (Å²) >= 11 is 0. The van der Waals surface area contributed by atoms with Crippen LogP contribution in [0, 0.1) is 5.92 Å². The van der Waals surface area contributed by atoms with Crippen LogP contribution in [0.5, 0.6) is 0 Å². The van der Waals surface area contributed by atoms with Gasteiger partial charge in [-0.1, -0.05) is 6.92 Å². The molecule has 3 N–H and O–H groups in total. The third kappa shape index (κ3) is 8.24. The van der Waals surface area contributed by atoms with Crippen molar-refractivity contribution >= 4 is 17.8 Å². The Kier molecular flexibility index (Phi) is 7.75. The maximum Gasteiger partial charge on any atom is 0.308 e. The Morgan fingerprint density at radius 3 is 2.12 bits per heavy atom. The topological polar surface area (TPSA) is 95.5 Å². The van der Waals surface area contributed by atoms with Crippen LogP contribution in [-0.2, 0) is 14.4 Å². The highest BCUT2D eigenvalue weighted by atomic mass is 16.4. The van der Waals surface area contributed by atoms with Gasteiger partial charge < -0.3 is 15.7 Å². The summed E-state index contributed by atoms with van der Waals surface area (Å²) in [5.74, 6) is -1.82. The molecule has 0 aliphatic carbocycles. The van der Waals surface area contributed by atoms with E-state index in [0.717, 1.165) is 0 Å². The van der Waals surface area contributed by atoms with Crippen molar-refractivity contribution in [2.45, 2.75) is 33.1 Å². The minimum atomic E-state index is -0.937. The van der Waals surface area contributed by atoms with E-state index in [9.17, 15) is 14.4 Å². The van der Waals surface area contributed by atoms with Gasteiger partial charge in [0.1, 0.15) is 0 Å². The molecule has 1 unspecified atom stereocenters. The molecule has 2 amide bonds. The van der Waals surface area contributed by atoms with Gasteiger partial charge in [-0.25, -0.2) is 0 Å². The van der Waals surface area contributed by atoms with E-state index in [-0.39, 0.29) is 24.8 Å².